The highest BCUT2D eigenvalue weighted by Gasteiger charge is 2.21. The van der Waals surface area contributed by atoms with Crippen LogP contribution in [0, 0.1) is 0 Å². The summed E-state index contributed by atoms with van der Waals surface area (Å²) in [6.07, 6.45) is 3.49. The Labute approximate surface area is 87.2 Å². The highest BCUT2D eigenvalue weighted by Crippen LogP contribution is 2.16. The molecule has 0 saturated carbocycles. The molecule has 0 aliphatic carbocycles. The standard InChI is InChI=1S/C11H23NO2/c1-5-9-12-11(3,6-2)8-7-10(13)14-4/h12H,5-9H2,1-4H3. The van der Waals surface area contributed by atoms with Crippen molar-refractivity contribution < 1.29 is 9.53 Å². The number of ether oxygens (including phenoxy) is 1. The lowest BCUT2D eigenvalue weighted by atomic mass is 9.92. The van der Waals surface area contributed by atoms with E-state index in [9.17, 15) is 4.79 Å². The minimum atomic E-state index is -0.122. The van der Waals surface area contributed by atoms with Crippen LogP contribution < -0.4 is 5.32 Å². The van der Waals surface area contributed by atoms with Crippen LogP contribution in [-0.2, 0) is 9.53 Å². The third-order valence-corrected chi connectivity index (χ3v) is 2.69. The summed E-state index contributed by atoms with van der Waals surface area (Å²) in [5, 5.41) is 3.47. The highest BCUT2D eigenvalue weighted by atomic mass is 16.5. The molecule has 0 aliphatic rings. The minimum absolute atomic E-state index is 0.0736. The van der Waals surface area contributed by atoms with E-state index >= 15 is 0 Å². The first kappa shape index (κ1) is 13.4. The molecule has 0 radical (unpaired) electrons. The summed E-state index contributed by atoms with van der Waals surface area (Å²) in [7, 11) is 1.44. The van der Waals surface area contributed by atoms with E-state index in [4.69, 9.17) is 0 Å². The molecule has 0 aromatic heterocycles. The van der Waals surface area contributed by atoms with E-state index in [1.807, 2.05) is 0 Å². The van der Waals surface area contributed by atoms with Crippen LogP contribution >= 0.6 is 0 Å². The van der Waals surface area contributed by atoms with Gasteiger partial charge >= 0.3 is 5.97 Å². The van der Waals surface area contributed by atoms with Gasteiger partial charge < -0.3 is 10.1 Å². The number of rotatable bonds is 7. The molecule has 0 bridgehead atoms. The average Bonchev–Trinajstić information content (AvgIpc) is 2.23. The molecule has 0 saturated heterocycles. The van der Waals surface area contributed by atoms with Crippen LogP contribution in [0.5, 0.6) is 0 Å². The number of hydrogen-bond acceptors (Lipinski definition) is 3. The molecule has 14 heavy (non-hydrogen) atoms. The summed E-state index contributed by atoms with van der Waals surface area (Å²) in [6, 6.07) is 0. The predicted octanol–water partition coefficient (Wildman–Crippen LogP) is 2.11. The van der Waals surface area contributed by atoms with E-state index in [-0.39, 0.29) is 11.5 Å². The monoisotopic (exact) mass is 201 g/mol. The van der Waals surface area contributed by atoms with Crippen molar-refractivity contribution in [2.45, 2.75) is 52.0 Å². The Bertz CT molecular complexity index is 171. The Kier molecular flexibility index (Phi) is 6.54. The molecule has 3 nitrogen and oxygen atoms in total. The fourth-order valence-corrected chi connectivity index (χ4v) is 1.30. The van der Waals surface area contributed by atoms with Crippen molar-refractivity contribution in [1.82, 2.24) is 5.32 Å². The largest absolute Gasteiger partial charge is 0.469 e. The van der Waals surface area contributed by atoms with Gasteiger partial charge in [0.25, 0.3) is 0 Å². The molecule has 0 aromatic rings. The number of nitrogens with one attached hydrogen (secondary N) is 1. The molecular weight excluding hydrogens is 178 g/mol. The third-order valence-electron chi connectivity index (χ3n) is 2.69. The molecule has 0 aromatic carbocycles. The molecular formula is C11H23NO2. The van der Waals surface area contributed by atoms with Crippen LogP contribution in [0.15, 0.2) is 0 Å². The van der Waals surface area contributed by atoms with Gasteiger partial charge in [0.1, 0.15) is 0 Å². The molecule has 1 atom stereocenters. The van der Waals surface area contributed by atoms with Gasteiger partial charge in [0.2, 0.25) is 0 Å². The van der Waals surface area contributed by atoms with Crippen LogP contribution in [0.4, 0.5) is 0 Å². The van der Waals surface area contributed by atoms with E-state index < -0.39 is 0 Å². The first-order chi connectivity index (χ1) is 6.58. The Balaban J connectivity index is 3.91. The second-order valence-electron chi connectivity index (χ2n) is 3.92. The fourth-order valence-electron chi connectivity index (χ4n) is 1.30. The van der Waals surface area contributed by atoms with E-state index in [2.05, 4.69) is 30.8 Å². The summed E-state index contributed by atoms with van der Waals surface area (Å²) >= 11 is 0. The normalized spacial score (nSPS) is 14.9. The highest BCUT2D eigenvalue weighted by molar-refractivity contribution is 5.69. The number of carbonyl (C=O) groups excluding carboxylic acids is 1. The fraction of sp³-hybridized carbons (Fsp3) is 0.909. The maximum atomic E-state index is 11.0. The van der Waals surface area contributed by atoms with Crippen molar-refractivity contribution in [2.75, 3.05) is 13.7 Å². The summed E-state index contributed by atoms with van der Waals surface area (Å²) in [5.74, 6) is -0.122. The van der Waals surface area contributed by atoms with Gasteiger partial charge in [0.15, 0.2) is 0 Å². The zero-order valence-corrected chi connectivity index (χ0v) is 9.85. The van der Waals surface area contributed by atoms with Crippen molar-refractivity contribution >= 4 is 5.97 Å². The lowest BCUT2D eigenvalue weighted by molar-refractivity contribution is -0.141. The quantitative estimate of drug-likeness (QED) is 0.641. The first-order valence-corrected chi connectivity index (χ1v) is 5.39. The SMILES string of the molecule is CCCNC(C)(CC)CCC(=O)OC. The van der Waals surface area contributed by atoms with Crippen molar-refractivity contribution in [3.05, 3.63) is 0 Å². The van der Waals surface area contributed by atoms with Gasteiger partial charge in [-0.3, -0.25) is 4.79 Å². The van der Waals surface area contributed by atoms with Crippen molar-refractivity contribution in [2.24, 2.45) is 0 Å². The Morgan fingerprint density at radius 2 is 2.07 bits per heavy atom. The lowest BCUT2D eigenvalue weighted by Crippen LogP contribution is -2.42. The molecule has 0 fully saturated rings. The van der Waals surface area contributed by atoms with E-state index in [0.29, 0.717) is 6.42 Å². The third kappa shape index (κ3) is 5.22. The molecule has 0 aliphatic heterocycles. The Morgan fingerprint density at radius 3 is 2.50 bits per heavy atom. The van der Waals surface area contributed by atoms with Crippen LogP contribution in [0.2, 0.25) is 0 Å². The van der Waals surface area contributed by atoms with E-state index in [1.54, 1.807) is 0 Å². The maximum absolute atomic E-state index is 11.0. The zero-order chi connectivity index (χ0) is 11.0. The van der Waals surface area contributed by atoms with Crippen LogP contribution in [0.1, 0.15) is 46.5 Å². The maximum Gasteiger partial charge on any atom is 0.305 e. The van der Waals surface area contributed by atoms with Gasteiger partial charge in [0, 0.05) is 12.0 Å². The number of methoxy groups -OCH3 is 1. The van der Waals surface area contributed by atoms with Crippen molar-refractivity contribution in [3.8, 4) is 0 Å². The van der Waals surface area contributed by atoms with Gasteiger partial charge in [-0.25, -0.2) is 0 Å². The second kappa shape index (κ2) is 6.82. The van der Waals surface area contributed by atoms with Gasteiger partial charge in [-0.05, 0) is 32.7 Å². The summed E-state index contributed by atoms with van der Waals surface area (Å²) in [6.45, 7) is 7.44. The van der Waals surface area contributed by atoms with Crippen LogP contribution in [-0.4, -0.2) is 25.2 Å². The van der Waals surface area contributed by atoms with Gasteiger partial charge in [-0.2, -0.15) is 0 Å². The van der Waals surface area contributed by atoms with E-state index in [0.717, 1.165) is 25.8 Å². The lowest BCUT2D eigenvalue weighted by Gasteiger charge is -2.29. The predicted molar refractivity (Wildman–Crippen MR) is 58.2 cm³/mol. The van der Waals surface area contributed by atoms with Gasteiger partial charge in [0.05, 0.1) is 7.11 Å². The zero-order valence-electron chi connectivity index (χ0n) is 9.85. The Morgan fingerprint density at radius 1 is 1.43 bits per heavy atom. The van der Waals surface area contributed by atoms with E-state index in [1.165, 1.54) is 7.11 Å². The van der Waals surface area contributed by atoms with Crippen LogP contribution in [0.3, 0.4) is 0 Å². The van der Waals surface area contributed by atoms with Crippen molar-refractivity contribution in [3.63, 3.8) is 0 Å². The molecule has 0 heterocycles. The number of hydrogen-bond donors (Lipinski definition) is 1. The molecule has 0 spiro atoms. The molecule has 3 heteroatoms. The average molecular weight is 201 g/mol. The second-order valence-corrected chi connectivity index (χ2v) is 3.92. The molecule has 1 unspecified atom stereocenters. The van der Waals surface area contributed by atoms with Gasteiger partial charge in [-0.1, -0.05) is 13.8 Å². The molecule has 1 N–H and O–H groups in total. The summed E-state index contributed by atoms with van der Waals surface area (Å²) in [4.78, 5) is 11.0. The molecule has 84 valence electrons. The first-order valence-electron chi connectivity index (χ1n) is 5.39. The smallest absolute Gasteiger partial charge is 0.305 e. The van der Waals surface area contributed by atoms with Gasteiger partial charge in [-0.15, -0.1) is 0 Å². The molecule has 0 amide bonds. The molecule has 0 rings (SSSR count). The minimum Gasteiger partial charge on any atom is -0.469 e. The topological polar surface area (TPSA) is 38.3 Å². The number of carbonyl (C=O) groups is 1. The number of esters is 1. The van der Waals surface area contributed by atoms with Crippen LogP contribution in [0.25, 0.3) is 0 Å². The summed E-state index contributed by atoms with van der Waals surface area (Å²) < 4.78 is 4.63. The Hall–Kier alpha value is -0.570. The summed E-state index contributed by atoms with van der Waals surface area (Å²) in [5.41, 5.74) is 0.0736. The van der Waals surface area contributed by atoms with Crippen molar-refractivity contribution in [1.29, 1.82) is 0 Å².